The summed E-state index contributed by atoms with van der Waals surface area (Å²) in [5.74, 6) is -0.504. The number of rotatable bonds is 6. The van der Waals surface area contributed by atoms with Gasteiger partial charge in [0.05, 0.1) is 29.3 Å². The second-order valence-corrected chi connectivity index (χ2v) is 10.2. The number of nitrogens with one attached hydrogen (secondary N) is 2. The first-order valence-electron chi connectivity index (χ1n) is 12.0. The molecule has 4 aromatic rings. The van der Waals surface area contributed by atoms with Crippen molar-refractivity contribution < 1.29 is 23.9 Å². The lowest BCUT2D eigenvalue weighted by Gasteiger charge is -2.18. The van der Waals surface area contributed by atoms with Crippen LogP contribution in [-0.2, 0) is 27.1 Å². The highest BCUT2D eigenvalue weighted by Gasteiger charge is 2.30. The molecule has 0 spiro atoms. The number of carbonyl (C=O) groups excluding carboxylic acids is 3. The molecule has 1 aliphatic carbocycles. The Bertz CT molecular complexity index is 1490. The number of nitrogens with zero attached hydrogens (tertiary/aromatic N) is 2. The van der Waals surface area contributed by atoms with E-state index in [0.29, 0.717) is 33.3 Å². The monoisotopic (exact) mass is 518 g/mol. The Morgan fingerprint density at radius 2 is 2.05 bits per heavy atom. The third kappa shape index (κ3) is 4.97. The molecule has 3 aromatic heterocycles. The fourth-order valence-corrected chi connectivity index (χ4v) is 5.83. The van der Waals surface area contributed by atoms with E-state index in [1.54, 1.807) is 30.6 Å². The summed E-state index contributed by atoms with van der Waals surface area (Å²) in [6.45, 7) is 3.66. The number of anilines is 1. The Labute approximate surface area is 217 Å². The van der Waals surface area contributed by atoms with Gasteiger partial charge in [-0.1, -0.05) is 6.92 Å². The average Bonchev–Trinajstić information content (AvgIpc) is 3.49. The van der Waals surface area contributed by atoms with Crippen molar-refractivity contribution in [2.45, 2.75) is 39.2 Å². The number of benzene rings is 1. The van der Waals surface area contributed by atoms with Gasteiger partial charge in [0, 0.05) is 22.8 Å². The number of thiophene rings is 1. The number of hydrogen-bond acceptors (Lipinski definition) is 8. The molecule has 2 N–H and O–H groups in total. The molecule has 10 heteroatoms. The van der Waals surface area contributed by atoms with Crippen molar-refractivity contribution in [1.29, 1.82) is 0 Å². The average molecular weight is 519 g/mol. The molecule has 1 amide bonds. The Kier molecular flexibility index (Phi) is 6.75. The summed E-state index contributed by atoms with van der Waals surface area (Å²) in [5, 5.41) is 3.22. The van der Waals surface area contributed by atoms with Crippen LogP contribution in [0.15, 0.2) is 42.7 Å². The van der Waals surface area contributed by atoms with Gasteiger partial charge in [0.2, 0.25) is 0 Å². The van der Waals surface area contributed by atoms with E-state index in [0.717, 1.165) is 35.3 Å². The lowest BCUT2D eigenvalue weighted by atomic mass is 9.88. The number of esters is 2. The van der Waals surface area contributed by atoms with Gasteiger partial charge in [-0.05, 0) is 68.0 Å². The number of H-pyrrole nitrogens is 1. The quantitative estimate of drug-likeness (QED) is 0.352. The van der Waals surface area contributed by atoms with Gasteiger partial charge in [-0.2, -0.15) is 0 Å². The zero-order chi connectivity index (χ0) is 26.1. The smallest absolute Gasteiger partial charge is 0.341 e. The maximum Gasteiger partial charge on any atom is 0.341 e. The number of amides is 1. The largest absolute Gasteiger partial charge is 0.465 e. The molecular weight excluding hydrogens is 492 g/mol. The molecule has 5 rings (SSSR count). The van der Waals surface area contributed by atoms with Crippen molar-refractivity contribution in [2.75, 3.05) is 12.4 Å². The fraction of sp³-hybridized carbons (Fsp3) is 0.296. The minimum atomic E-state index is -1.08. The predicted molar refractivity (Wildman–Crippen MR) is 140 cm³/mol. The van der Waals surface area contributed by atoms with Gasteiger partial charge in [0.15, 0.2) is 6.10 Å². The molecule has 0 fully saturated rings. The van der Waals surface area contributed by atoms with Crippen LogP contribution in [0.5, 0.6) is 0 Å². The van der Waals surface area contributed by atoms with Crippen LogP contribution in [0, 0.1) is 5.92 Å². The minimum absolute atomic E-state index is 0.282. The molecule has 9 nitrogen and oxygen atoms in total. The number of aromatic nitrogens is 3. The van der Waals surface area contributed by atoms with Gasteiger partial charge >= 0.3 is 11.9 Å². The number of hydrogen-bond donors (Lipinski definition) is 2. The van der Waals surface area contributed by atoms with Crippen molar-refractivity contribution in [2.24, 2.45) is 5.92 Å². The highest BCUT2D eigenvalue weighted by atomic mass is 32.1. The van der Waals surface area contributed by atoms with E-state index in [2.05, 4.69) is 27.2 Å². The van der Waals surface area contributed by atoms with Gasteiger partial charge in [-0.25, -0.2) is 14.6 Å². The zero-order valence-electron chi connectivity index (χ0n) is 20.7. The summed E-state index contributed by atoms with van der Waals surface area (Å²) < 4.78 is 10.4. The molecule has 2 unspecified atom stereocenters. The maximum atomic E-state index is 12.9. The number of fused-ring (bicyclic) bond motifs is 2. The van der Waals surface area contributed by atoms with E-state index in [1.165, 1.54) is 25.4 Å². The van der Waals surface area contributed by atoms with E-state index < -0.39 is 23.9 Å². The molecule has 0 aliphatic heterocycles. The number of pyridine rings is 1. The van der Waals surface area contributed by atoms with Crippen molar-refractivity contribution in [3.05, 3.63) is 64.3 Å². The molecule has 1 aliphatic rings. The number of methoxy groups -OCH3 is 1. The summed E-state index contributed by atoms with van der Waals surface area (Å²) >= 11 is 1.38. The molecule has 0 radical (unpaired) electrons. The van der Waals surface area contributed by atoms with E-state index in [9.17, 15) is 14.4 Å². The second kappa shape index (κ2) is 10.1. The van der Waals surface area contributed by atoms with Crippen molar-refractivity contribution >= 4 is 45.2 Å². The molecule has 0 bridgehead atoms. The van der Waals surface area contributed by atoms with Gasteiger partial charge in [0.1, 0.15) is 10.8 Å². The van der Waals surface area contributed by atoms with E-state index in [1.807, 2.05) is 12.1 Å². The van der Waals surface area contributed by atoms with Crippen LogP contribution in [0.4, 0.5) is 5.00 Å². The summed E-state index contributed by atoms with van der Waals surface area (Å²) in [5.41, 5.74) is 3.79. The lowest BCUT2D eigenvalue weighted by Crippen LogP contribution is -2.30. The van der Waals surface area contributed by atoms with Crippen LogP contribution >= 0.6 is 11.3 Å². The Balaban J connectivity index is 1.30. The number of aromatic amines is 1. The van der Waals surface area contributed by atoms with Crippen LogP contribution in [0.25, 0.3) is 22.4 Å². The van der Waals surface area contributed by atoms with Gasteiger partial charge in [0.25, 0.3) is 5.91 Å². The van der Waals surface area contributed by atoms with Gasteiger partial charge < -0.3 is 19.8 Å². The molecule has 0 saturated heterocycles. The lowest BCUT2D eigenvalue weighted by molar-refractivity contribution is -0.123. The summed E-state index contributed by atoms with van der Waals surface area (Å²) in [4.78, 5) is 51.2. The Morgan fingerprint density at radius 3 is 2.81 bits per heavy atom. The predicted octanol–water partition coefficient (Wildman–Crippen LogP) is 4.78. The normalized spacial score (nSPS) is 15.6. The molecule has 1 aromatic carbocycles. The van der Waals surface area contributed by atoms with Crippen LogP contribution in [-0.4, -0.2) is 46.0 Å². The minimum Gasteiger partial charge on any atom is -0.465 e. The third-order valence-electron chi connectivity index (χ3n) is 6.44. The van der Waals surface area contributed by atoms with Crippen molar-refractivity contribution in [3.8, 4) is 11.4 Å². The maximum absolute atomic E-state index is 12.9. The first kappa shape index (κ1) is 24.6. The van der Waals surface area contributed by atoms with Crippen LogP contribution in [0.2, 0.25) is 0 Å². The topological polar surface area (TPSA) is 123 Å². The Hall–Kier alpha value is -4.05. The number of carbonyl (C=O) groups is 3. The molecule has 0 saturated carbocycles. The molecule has 190 valence electrons. The van der Waals surface area contributed by atoms with Gasteiger partial charge in [-0.3, -0.25) is 9.78 Å². The molecule has 2 atom stereocenters. The summed E-state index contributed by atoms with van der Waals surface area (Å²) in [7, 11) is 1.32. The molecule has 37 heavy (non-hydrogen) atoms. The number of imidazole rings is 1. The van der Waals surface area contributed by atoms with Crippen LogP contribution in [0.1, 0.15) is 51.4 Å². The number of ether oxygens (including phenoxy) is 2. The standard InChI is InChI=1S/C27H26N4O5S/c1-14-6-8-18-21(11-14)37-25(22(18)27(34)35-3)31-24(32)15(2)36-26(33)16-7-9-19-20(12-16)30-23(29-19)17-5-4-10-28-13-17/h4-5,7,9-10,12-15H,6,8,11H2,1-3H3,(H,29,30)(H,31,32). The highest BCUT2D eigenvalue weighted by molar-refractivity contribution is 7.17. The van der Waals surface area contributed by atoms with Gasteiger partial charge in [-0.15, -0.1) is 11.3 Å². The van der Waals surface area contributed by atoms with E-state index in [-0.39, 0.29) is 5.56 Å². The zero-order valence-corrected chi connectivity index (χ0v) is 21.5. The summed E-state index contributed by atoms with van der Waals surface area (Å²) in [6, 6.07) is 8.66. The second-order valence-electron chi connectivity index (χ2n) is 9.14. The highest BCUT2D eigenvalue weighted by Crippen LogP contribution is 2.40. The molecular formula is C27H26N4O5S. The van der Waals surface area contributed by atoms with Crippen molar-refractivity contribution in [3.63, 3.8) is 0 Å². The van der Waals surface area contributed by atoms with E-state index >= 15 is 0 Å². The SMILES string of the molecule is COC(=O)c1c(NC(=O)C(C)OC(=O)c2ccc3nc(-c4cccnc4)[nH]c3c2)sc2c1CCC(C)C2. The van der Waals surface area contributed by atoms with Crippen LogP contribution in [0.3, 0.4) is 0 Å². The fourth-order valence-electron chi connectivity index (χ4n) is 4.43. The van der Waals surface area contributed by atoms with E-state index in [4.69, 9.17) is 9.47 Å². The first-order valence-corrected chi connectivity index (χ1v) is 12.8. The third-order valence-corrected chi connectivity index (χ3v) is 7.61. The van der Waals surface area contributed by atoms with Crippen LogP contribution < -0.4 is 5.32 Å². The Morgan fingerprint density at radius 1 is 1.22 bits per heavy atom. The first-order chi connectivity index (χ1) is 17.8. The molecule has 3 heterocycles. The van der Waals surface area contributed by atoms with Crippen molar-refractivity contribution in [1.82, 2.24) is 15.0 Å². The summed E-state index contributed by atoms with van der Waals surface area (Å²) in [6.07, 6.45) is 4.88.